The average molecular weight is 237 g/mol. The van der Waals surface area contributed by atoms with Gasteiger partial charge in [-0.25, -0.2) is 4.79 Å². The SMILES string of the molecule is COc1c(O)c2cc([N+](=O)[O-])ccc2oc1=O. The van der Waals surface area contributed by atoms with Crippen LogP contribution in [0.3, 0.4) is 0 Å². The van der Waals surface area contributed by atoms with Crippen LogP contribution >= 0.6 is 0 Å². The monoisotopic (exact) mass is 237 g/mol. The molecule has 0 spiro atoms. The lowest BCUT2D eigenvalue weighted by Crippen LogP contribution is -2.04. The molecule has 0 aliphatic rings. The largest absolute Gasteiger partial charge is 0.504 e. The second-order valence-corrected chi connectivity index (χ2v) is 3.21. The minimum Gasteiger partial charge on any atom is -0.504 e. The minimum atomic E-state index is -0.841. The molecule has 0 aliphatic carbocycles. The molecule has 0 unspecified atom stereocenters. The maximum Gasteiger partial charge on any atom is 0.383 e. The number of aromatic hydroxyl groups is 1. The topological polar surface area (TPSA) is 103 Å². The van der Waals surface area contributed by atoms with Gasteiger partial charge in [-0.1, -0.05) is 0 Å². The fourth-order valence-corrected chi connectivity index (χ4v) is 1.45. The summed E-state index contributed by atoms with van der Waals surface area (Å²) >= 11 is 0. The number of non-ortho nitro benzene ring substituents is 1. The number of nitrogens with zero attached hydrogens (tertiary/aromatic N) is 1. The standard InChI is InChI=1S/C10H7NO6/c1-16-9-8(12)6-4-5(11(14)15)2-3-7(6)17-10(9)13/h2-4,12H,1H3. The Morgan fingerprint density at radius 2 is 2.18 bits per heavy atom. The van der Waals surface area contributed by atoms with Crippen molar-refractivity contribution in [2.75, 3.05) is 7.11 Å². The van der Waals surface area contributed by atoms with E-state index in [1.807, 2.05) is 0 Å². The first-order valence-corrected chi connectivity index (χ1v) is 4.53. The molecule has 1 aromatic carbocycles. The molecule has 0 saturated carbocycles. The number of nitro benzene ring substituents is 1. The Morgan fingerprint density at radius 1 is 1.47 bits per heavy atom. The summed E-state index contributed by atoms with van der Waals surface area (Å²) in [5.74, 6) is -0.847. The molecular formula is C10H7NO6. The van der Waals surface area contributed by atoms with Crippen LogP contribution in [0.15, 0.2) is 27.4 Å². The van der Waals surface area contributed by atoms with Crippen molar-refractivity contribution >= 4 is 16.7 Å². The van der Waals surface area contributed by atoms with Crippen molar-refractivity contribution in [2.24, 2.45) is 0 Å². The van der Waals surface area contributed by atoms with Crippen LogP contribution in [0.4, 0.5) is 5.69 Å². The van der Waals surface area contributed by atoms with Gasteiger partial charge in [0, 0.05) is 12.1 Å². The number of methoxy groups -OCH3 is 1. The van der Waals surface area contributed by atoms with Crippen molar-refractivity contribution < 1.29 is 19.2 Å². The number of hydrogen-bond donors (Lipinski definition) is 1. The van der Waals surface area contributed by atoms with E-state index in [4.69, 9.17) is 4.42 Å². The summed E-state index contributed by atoms with van der Waals surface area (Å²) in [5, 5.41) is 20.4. The maximum absolute atomic E-state index is 11.3. The van der Waals surface area contributed by atoms with Crippen molar-refractivity contribution in [3.63, 3.8) is 0 Å². The summed E-state index contributed by atoms with van der Waals surface area (Å²) in [6.45, 7) is 0. The van der Waals surface area contributed by atoms with Gasteiger partial charge in [-0.2, -0.15) is 0 Å². The smallest absolute Gasteiger partial charge is 0.383 e. The molecule has 2 rings (SSSR count). The molecule has 0 bridgehead atoms. The van der Waals surface area contributed by atoms with Crippen LogP contribution in [-0.2, 0) is 0 Å². The van der Waals surface area contributed by atoms with E-state index >= 15 is 0 Å². The average Bonchev–Trinajstić information content (AvgIpc) is 2.29. The van der Waals surface area contributed by atoms with Gasteiger partial charge in [-0.05, 0) is 6.07 Å². The predicted octanol–water partition coefficient (Wildman–Crippen LogP) is 1.42. The van der Waals surface area contributed by atoms with Crippen LogP contribution in [-0.4, -0.2) is 17.1 Å². The number of ether oxygens (including phenoxy) is 1. The molecule has 0 radical (unpaired) electrons. The summed E-state index contributed by atoms with van der Waals surface area (Å²) in [6, 6.07) is 3.53. The molecule has 7 nitrogen and oxygen atoms in total. The third kappa shape index (κ3) is 1.67. The Kier molecular flexibility index (Phi) is 2.43. The van der Waals surface area contributed by atoms with E-state index < -0.39 is 16.3 Å². The first kappa shape index (κ1) is 10.9. The lowest BCUT2D eigenvalue weighted by atomic mass is 10.2. The second kappa shape index (κ2) is 3.78. The lowest BCUT2D eigenvalue weighted by Gasteiger charge is -2.04. The highest BCUT2D eigenvalue weighted by Crippen LogP contribution is 2.33. The summed E-state index contributed by atoms with van der Waals surface area (Å²) in [4.78, 5) is 21.3. The summed E-state index contributed by atoms with van der Waals surface area (Å²) in [5.41, 5.74) is -1.01. The van der Waals surface area contributed by atoms with Crippen LogP contribution in [0.25, 0.3) is 11.0 Å². The number of rotatable bonds is 2. The Morgan fingerprint density at radius 3 is 2.76 bits per heavy atom. The fraction of sp³-hybridized carbons (Fsp3) is 0.100. The summed E-state index contributed by atoms with van der Waals surface area (Å²) < 4.78 is 9.49. The quantitative estimate of drug-likeness (QED) is 0.481. The molecular weight excluding hydrogens is 230 g/mol. The molecule has 17 heavy (non-hydrogen) atoms. The van der Waals surface area contributed by atoms with Gasteiger partial charge in [0.15, 0.2) is 5.75 Å². The van der Waals surface area contributed by atoms with Gasteiger partial charge in [-0.15, -0.1) is 0 Å². The van der Waals surface area contributed by atoms with Crippen LogP contribution < -0.4 is 10.4 Å². The molecule has 0 aliphatic heterocycles. The van der Waals surface area contributed by atoms with Crippen LogP contribution in [0.1, 0.15) is 0 Å². The summed E-state index contributed by atoms with van der Waals surface area (Å²) in [7, 11) is 1.19. The van der Waals surface area contributed by atoms with Crippen LogP contribution in [0.5, 0.6) is 11.5 Å². The normalized spacial score (nSPS) is 10.4. The third-order valence-corrected chi connectivity index (χ3v) is 2.24. The first-order chi connectivity index (χ1) is 8.04. The Hall–Kier alpha value is -2.57. The van der Waals surface area contributed by atoms with Gasteiger partial charge < -0.3 is 14.3 Å². The Bertz CT molecular complexity index is 660. The molecule has 7 heteroatoms. The van der Waals surface area contributed by atoms with Crippen molar-refractivity contribution in [3.8, 4) is 11.5 Å². The predicted molar refractivity (Wildman–Crippen MR) is 57.4 cm³/mol. The number of fused-ring (bicyclic) bond motifs is 1. The van der Waals surface area contributed by atoms with E-state index in [2.05, 4.69) is 4.74 Å². The van der Waals surface area contributed by atoms with E-state index in [0.717, 1.165) is 6.07 Å². The van der Waals surface area contributed by atoms with E-state index in [1.165, 1.54) is 19.2 Å². The van der Waals surface area contributed by atoms with Crippen molar-refractivity contribution in [2.45, 2.75) is 0 Å². The van der Waals surface area contributed by atoms with Crippen molar-refractivity contribution in [1.29, 1.82) is 0 Å². The van der Waals surface area contributed by atoms with Gasteiger partial charge in [-0.3, -0.25) is 10.1 Å². The van der Waals surface area contributed by atoms with Gasteiger partial charge >= 0.3 is 5.63 Å². The highest BCUT2D eigenvalue weighted by atomic mass is 16.6. The molecule has 2 aromatic rings. The minimum absolute atomic E-state index is 0.0515. The molecule has 0 atom stereocenters. The zero-order valence-electron chi connectivity index (χ0n) is 8.67. The molecule has 0 fully saturated rings. The van der Waals surface area contributed by atoms with E-state index in [9.17, 15) is 20.0 Å². The van der Waals surface area contributed by atoms with Crippen LogP contribution in [0.2, 0.25) is 0 Å². The van der Waals surface area contributed by atoms with Crippen LogP contribution in [0, 0.1) is 10.1 Å². The number of hydrogen-bond acceptors (Lipinski definition) is 6. The molecule has 0 amide bonds. The number of nitro groups is 1. The van der Waals surface area contributed by atoms with Crippen molar-refractivity contribution in [3.05, 3.63) is 38.7 Å². The van der Waals surface area contributed by atoms with Gasteiger partial charge in [0.2, 0.25) is 5.75 Å². The van der Waals surface area contributed by atoms with Gasteiger partial charge in [0.05, 0.1) is 17.4 Å². The molecule has 1 aromatic heterocycles. The zero-order valence-corrected chi connectivity index (χ0v) is 8.67. The van der Waals surface area contributed by atoms with E-state index in [1.54, 1.807) is 0 Å². The third-order valence-electron chi connectivity index (χ3n) is 2.24. The molecule has 88 valence electrons. The molecule has 1 heterocycles. The second-order valence-electron chi connectivity index (χ2n) is 3.21. The number of benzene rings is 1. The van der Waals surface area contributed by atoms with Crippen molar-refractivity contribution in [1.82, 2.24) is 0 Å². The van der Waals surface area contributed by atoms with Gasteiger partial charge in [0.1, 0.15) is 5.58 Å². The molecule has 1 N–H and O–H groups in total. The first-order valence-electron chi connectivity index (χ1n) is 4.53. The Labute approximate surface area is 94.0 Å². The maximum atomic E-state index is 11.3. The molecule has 0 saturated heterocycles. The summed E-state index contributed by atoms with van der Waals surface area (Å²) in [6.07, 6.45) is 0. The van der Waals surface area contributed by atoms with Gasteiger partial charge in [0.25, 0.3) is 5.69 Å². The highest BCUT2D eigenvalue weighted by molar-refractivity contribution is 5.87. The zero-order chi connectivity index (χ0) is 12.6. The lowest BCUT2D eigenvalue weighted by molar-refractivity contribution is -0.384. The fourth-order valence-electron chi connectivity index (χ4n) is 1.45. The van der Waals surface area contributed by atoms with E-state index in [-0.39, 0.29) is 22.4 Å². The Balaban J connectivity index is 2.85. The highest BCUT2D eigenvalue weighted by Gasteiger charge is 2.17. The van der Waals surface area contributed by atoms with E-state index in [0.29, 0.717) is 0 Å².